The van der Waals surface area contributed by atoms with Gasteiger partial charge in [0.05, 0.1) is 5.52 Å². The van der Waals surface area contributed by atoms with Crippen molar-refractivity contribution in [3.63, 3.8) is 0 Å². The molecular formula is C21H17FN4O. The zero-order chi connectivity index (χ0) is 18.8. The standard InChI is InChI=1S/C21H17FN4O/c1-14-6-8-15(9-7-14)20(23-21(27)16-10-12-17(22)13-11-16)26-19-5-3-2-4-18(19)24-25-26/h2-13,20H,1H3,(H,23,27). The number of hydrogen-bond donors (Lipinski definition) is 1. The van der Waals surface area contributed by atoms with Gasteiger partial charge in [0, 0.05) is 5.56 Å². The van der Waals surface area contributed by atoms with Gasteiger partial charge >= 0.3 is 0 Å². The van der Waals surface area contributed by atoms with Crippen LogP contribution in [-0.2, 0) is 0 Å². The lowest BCUT2D eigenvalue weighted by molar-refractivity contribution is 0.0927. The van der Waals surface area contributed by atoms with Crippen LogP contribution in [-0.4, -0.2) is 20.9 Å². The first kappa shape index (κ1) is 16.9. The van der Waals surface area contributed by atoms with Crippen LogP contribution in [0, 0.1) is 12.7 Å². The Morgan fingerprint density at radius 2 is 1.70 bits per heavy atom. The summed E-state index contributed by atoms with van der Waals surface area (Å²) in [5.74, 6) is -0.705. The highest BCUT2D eigenvalue weighted by Gasteiger charge is 2.21. The molecule has 1 atom stereocenters. The van der Waals surface area contributed by atoms with Crippen molar-refractivity contribution in [2.75, 3.05) is 0 Å². The first-order valence-corrected chi connectivity index (χ1v) is 8.55. The zero-order valence-electron chi connectivity index (χ0n) is 14.6. The van der Waals surface area contributed by atoms with Crippen LogP contribution in [0.2, 0.25) is 0 Å². The number of aromatic nitrogens is 3. The Hall–Kier alpha value is -3.54. The Labute approximate surface area is 155 Å². The summed E-state index contributed by atoms with van der Waals surface area (Å²) in [6.07, 6.45) is -0.546. The van der Waals surface area contributed by atoms with Crippen molar-refractivity contribution in [1.29, 1.82) is 0 Å². The minimum absolute atomic E-state index is 0.319. The van der Waals surface area contributed by atoms with Gasteiger partial charge in [-0.15, -0.1) is 5.10 Å². The second-order valence-electron chi connectivity index (χ2n) is 6.32. The van der Waals surface area contributed by atoms with Crippen molar-refractivity contribution in [2.24, 2.45) is 0 Å². The van der Waals surface area contributed by atoms with Crippen molar-refractivity contribution in [3.05, 3.63) is 95.3 Å². The Morgan fingerprint density at radius 1 is 1.00 bits per heavy atom. The molecule has 0 radical (unpaired) electrons. The van der Waals surface area contributed by atoms with E-state index in [1.54, 1.807) is 4.68 Å². The van der Waals surface area contributed by atoms with Crippen LogP contribution < -0.4 is 5.32 Å². The van der Waals surface area contributed by atoms with Crippen LogP contribution in [0.1, 0.15) is 27.7 Å². The van der Waals surface area contributed by atoms with E-state index in [1.165, 1.54) is 24.3 Å². The van der Waals surface area contributed by atoms with Gasteiger partial charge in [-0.1, -0.05) is 47.2 Å². The molecule has 0 saturated heterocycles. The number of nitrogens with zero attached hydrogens (tertiary/aromatic N) is 3. The van der Waals surface area contributed by atoms with Crippen molar-refractivity contribution in [1.82, 2.24) is 20.3 Å². The van der Waals surface area contributed by atoms with Gasteiger partial charge in [-0.25, -0.2) is 9.07 Å². The zero-order valence-corrected chi connectivity index (χ0v) is 14.6. The lowest BCUT2D eigenvalue weighted by atomic mass is 10.1. The van der Waals surface area contributed by atoms with Crippen LogP contribution in [0.15, 0.2) is 72.8 Å². The number of amides is 1. The monoisotopic (exact) mass is 360 g/mol. The lowest BCUT2D eigenvalue weighted by Crippen LogP contribution is -2.34. The van der Waals surface area contributed by atoms with E-state index in [9.17, 15) is 9.18 Å². The average molecular weight is 360 g/mol. The minimum atomic E-state index is -0.546. The Balaban J connectivity index is 1.75. The molecule has 1 aromatic heterocycles. The number of nitrogens with one attached hydrogen (secondary N) is 1. The van der Waals surface area contributed by atoms with Crippen molar-refractivity contribution in [2.45, 2.75) is 13.1 Å². The number of aryl methyl sites for hydroxylation is 1. The van der Waals surface area contributed by atoms with Crippen LogP contribution in [0.25, 0.3) is 11.0 Å². The van der Waals surface area contributed by atoms with Gasteiger partial charge in [0.25, 0.3) is 5.91 Å². The quantitative estimate of drug-likeness (QED) is 0.601. The largest absolute Gasteiger partial charge is 0.326 e. The minimum Gasteiger partial charge on any atom is -0.326 e. The van der Waals surface area contributed by atoms with Gasteiger partial charge in [0.1, 0.15) is 11.3 Å². The van der Waals surface area contributed by atoms with Gasteiger partial charge in [0.2, 0.25) is 0 Å². The van der Waals surface area contributed by atoms with Crippen LogP contribution in [0.4, 0.5) is 4.39 Å². The molecule has 0 aliphatic carbocycles. The fourth-order valence-electron chi connectivity index (χ4n) is 2.92. The summed E-state index contributed by atoms with van der Waals surface area (Å²) in [4.78, 5) is 12.7. The highest BCUT2D eigenvalue weighted by molar-refractivity contribution is 5.94. The molecular weight excluding hydrogens is 343 g/mol. The van der Waals surface area contributed by atoms with E-state index in [0.29, 0.717) is 5.56 Å². The van der Waals surface area contributed by atoms with Crippen LogP contribution in [0.5, 0.6) is 0 Å². The molecule has 1 heterocycles. The van der Waals surface area contributed by atoms with Gasteiger partial charge < -0.3 is 5.32 Å². The average Bonchev–Trinajstić information content (AvgIpc) is 3.11. The van der Waals surface area contributed by atoms with E-state index >= 15 is 0 Å². The van der Waals surface area contributed by atoms with Gasteiger partial charge in [-0.2, -0.15) is 0 Å². The summed E-state index contributed by atoms with van der Waals surface area (Å²) in [6, 6.07) is 20.8. The van der Waals surface area contributed by atoms with Crippen molar-refractivity contribution < 1.29 is 9.18 Å². The summed E-state index contributed by atoms with van der Waals surface area (Å²) >= 11 is 0. The third-order valence-electron chi connectivity index (χ3n) is 4.39. The number of fused-ring (bicyclic) bond motifs is 1. The van der Waals surface area contributed by atoms with Gasteiger partial charge in [0.15, 0.2) is 6.17 Å². The Kier molecular flexibility index (Phi) is 4.38. The van der Waals surface area contributed by atoms with E-state index in [1.807, 2.05) is 55.5 Å². The number of rotatable bonds is 4. The highest BCUT2D eigenvalue weighted by atomic mass is 19.1. The topological polar surface area (TPSA) is 59.8 Å². The highest BCUT2D eigenvalue weighted by Crippen LogP contribution is 2.21. The van der Waals surface area contributed by atoms with Gasteiger partial charge in [-0.05, 0) is 48.9 Å². The molecule has 1 unspecified atom stereocenters. The summed E-state index contributed by atoms with van der Waals surface area (Å²) in [6.45, 7) is 2.00. The number of carbonyl (C=O) groups is 1. The van der Waals surface area contributed by atoms with Crippen LogP contribution in [0.3, 0.4) is 0 Å². The second-order valence-corrected chi connectivity index (χ2v) is 6.32. The number of benzene rings is 3. The maximum Gasteiger partial charge on any atom is 0.253 e. The molecule has 1 amide bonds. The maximum absolute atomic E-state index is 13.2. The van der Waals surface area contributed by atoms with E-state index in [0.717, 1.165) is 22.2 Å². The molecule has 0 saturated carbocycles. The van der Waals surface area contributed by atoms with Crippen LogP contribution >= 0.6 is 0 Å². The smallest absolute Gasteiger partial charge is 0.253 e. The molecule has 0 fully saturated rings. The number of para-hydroxylation sites is 1. The van der Waals surface area contributed by atoms with Crippen molar-refractivity contribution in [3.8, 4) is 0 Å². The molecule has 6 heteroatoms. The number of hydrogen-bond acceptors (Lipinski definition) is 3. The third-order valence-corrected chi connectivity index (χ3v) is 4.39. The van der Waals surface area contributed by atoms with E-state index in [-0.39, 0.29) is 11.7 Å². The fourth-order valence-corrected chi connectivity index (χ4v) is 2.92. The second kappa shape index (κ2) is 6.99. The molecule has 5 nitrogen and oxygen atoms in total. The third kappa shape index (κ3) is 3.42. The number of halogens is 1. The predicted octanol–water partition coefficient (Wildman–Crippen LogP) is 3.86. The van der Waals surface area contributed by atoms with E-state index in [2.05, 4.69) is 15.6 Å². The maximum atomic E-state index is 13.2. The summed E-state index contributed by atoms with van der Waals surface area (Å²) in [5.41, 5.74) is 3.91. The van der Waals surface area contributed by atoms with E-state index < -0.39 is 6.17 Å². The molecule has 134 valence electrons. The molecule has 1 N–H and O–H groups in total. The SMILES string of the molecule is Cc1ccc(C(NC(=O)c2ccc(F)cc2)n2nnc3ccccc32)cc1. The molecule has 4 rings (SSSR count). The number of carbonyl (C=O) groups excluding carboxylic acids is 1. The summed E-state index contributed by atoms with van der Waals surface area (Å²) < 4.78 is 14.8. The van der Waals surface area contributed by atoms with E-state index in [4.69, 9.17) is 0 Å². The molecule has 4 aromatic rings. The summed E-state index contributed by atoms with van der Waals surface area (Å²) in [7, 11) is 0. The fraction of sp³-hybridized carbons (Fsp3) is 0.0952. The molecule has 27 heavy (non-hydrogen) atoms. The Morgan fingerprint density at radius 3 is 2.44 bits per heavy atom. The predicted molar refractivity (Wildman–Crippen MR) is 101 cm³/mol. The lowest BCUT2D eigenvalue weighted by Gasteiger charge is -2.20. The summed E-state index contributed by atoms with van der Waals surface area (Å²) in [5, 5.41) is 11.4. The molecule has 0 bridgehead atoms. The molecule has 0 aliphatic heterocycles. The molecule has 3 aromatic carbocycles. The van der Waals surface area contributed by atoms with Gasteiger partial charge in [-0.3, -0.25) is 4.79 Å². The van der Waals surface area contributed by atoms with Crippen molar-refractivity contribution >= 4 is 16.9 Å². The molecule has 0 aliphatic rings. The molecule has 0 spiro atoms. The first-order valence-electron chi connectivity index (χ1n) is 8.55. The normalized spacial score (nSPS) is 12.1. The Bertz CT molecular complexity index is 1090. The first-order chi connectivity index (χ1) is 13.1.